The summed E-state index contributed by atoms with van der Waals surface area (Å²) < 4.78 is 62.2. The van der Waals surface area contributed by atoms with Crippen LogP contribution in [-0.4, -0.2) is 25.8 Å². The summed E-state index contributed by atoms with van der Waals surface area (Å²) in [6.45, 7) is -0.802. The van der Waals surface area contributed by atoms with Crippen molar-refractivity contribution < 1.29 is 27.1 Å². The van der Waals surface area contributed by atoms with Gasteiger partial charge in [0.1, 0.15) is 17.3 Å². The van der Waals surface area contributed by atoms with Gasteiger partial charge >= 0.3 is 12.1 Å². The lowest BCUT2D eigenvalue weighted by Crippen LogP contribution is -2.48. The number of esters is 1. The highest BCUT2D eigenvalue weighted by Gasteiger charge is 2.64. The molecule has 0 saturated carbocycles. The van der Waals surface area contributed by atoms with Gasteiger partial charge in [0, 0.05) is 6.54 Å². The molecule has 0 aliphatic carbocycles. The molecular weight excluding hydrogens is 483 g/mol. The Balaban J connectivity index is 2.40. The molecule has 1 unspecified atom stereocenters. The quantitative estimate of drug-likeness (QED) is 0.341. The second kappa shape index (κ2) is 8.23. The molecular formula is C20H11Cl3F4N2O2. The fraction of sp³-hybridized carbons (Fsp3) is 0.200. The topological polar surface area (TPSA) is 62.1 Å². The Morgan fingerprint density at radius 3 is 2.32 bits per heavy atom. The molecule has 0 saturated heterocycles. The first-order valence-electron chi connectivity index (χ1n) is 8.46. The van der Waals surface area contributed by atoms with Crippen molar-refractivity contribution in [2.75, 3.05) is 13.7 Å². The van der Waals surface area contributed by atoms with Crippen molar-refractivity contribution in [1.29, 1.82) is 5.26 Å². The third-order valence-electron chi connectivity index (χ3n) is 4.93. The monoisotopic (exact) mass is 492 g/mol. The van der Waals surface area contributed by atoms with Crippen molar-refractivity contribution in [2.24, 2.45) is 0 Å². The predicted molar refractivity (Wildman–Crippen MR) is 107 cm³/mol. The van der Waals surface area contributed by atoms with E-state index in [1.54, 1.807) is 6.07 Å². The number of methoxy groups -OCH3 is 1. The van der Waals surface area contributed by atoms with Gasteiger partial charge < -0.3 is 10.1 Å². The third kappa shape index (κ3) is 3.71. The number of nitrogens with zero attached hydrogens (tertiary/aromatic N) is 1. The van der Waals surface area contributed by atoms with E-state index in [1.807, 2.05) is 0 Å². The van der Waals surface area contributed by atoms with Crippen LogP contribution in [0.25, 0.3) is 5.70 Å². The summed E-state index contributed by atoms with van der Waals surface area (Å²) in [5, 5.41) is 11.0. The zero-order valence-corrected chi connectivity index (χ0v) is 17.8. The number of hydrogen-bond acceptors (Lipinski definition) is 4. The van der Waals surface area contributed by atoms with Gasteiger partial charge in [0.15, 0.2) is 0 Å². The van der Waals surface area contributed by atoms with Crippen molar-refractivity contribution in [2.45, 2.75) is 11.6 Å². The van der Waals surface area contributed by atoms with Crippen molar-refractivity contribution in [1.82, 2.24) is 5.32 Å². The van der Waals surface area contributed by atoms with Crippen molar-refractivity contribution in [3.05, 3.63) is 73.5 Å². The SMILES string of the molecule is COC(=O)C1=C(c2ccc(F)c(C#N)c2)NCC1(c1cc(Cl)c(Cl)c(Cl)c1)C(F)(F)F. The molecule has 1 aliphatic heterocycles. The first-order chi connectivity index (χ1) is 14.5. The highest BCUT2D eigenvalue weighted by atomic mass is 35.5. The zero-order valence-electron chi connectivity index (χ0n) is 15.5. The molecule has 1 heterocycles. The van der Waals surface area contributed by atoms with Crippen LogP contribution in [-0.2, 0) is 14.9 Å². The molecule has 0 fully saturated rings. The largest absolute Gasteiger partial charge is 0.466 e. The molecule has 1 aliphatic rings. The van der Waals surface area contributed by atoms with E-state index in [0.29, 0.717) is 0 Å². The van der Waals surface area contributed by atoms with Gasteiger partial charge in [-0.3, -0.25) is 0 Å². The average Bonchev–Trinajstić information content (AvgIpc) is 3.13. The summed E-state index contributed by atoms with van der Waals surface area (Å²) in [5.41, 5.74) is -4.80. The molecule has 3 rings (SSSR count). The molecule has 0 bridgehead atoms. The Morgan fingerprint density at radius 1 is 1.19 bits per heavy atom. The van der Waals surface area contributed by atoms with E-state index in [1.165, 1.54) is 0 Å². The lowest BCUT2D eigenvalue weighted by atomic mass is 9.74. The number of alkyl halides is 3. The van der Waals surface area contributed by atoms with Gasteiger partial charge in [-0.1, -0.05) is 34.8 Å². The number of nitriles is 1. The fourth-order valence-corrected chi connectivity index (χ4v) is 4.05. The maximum Gasteiger partial charge on any atom is 0.404 e. The summed E-state index contributed by atoms with van der Waals surface area (Å²) in [4.78, 5) is 12.6. The predicted octanol–water partition coefficient (Wildman–Crippen LogP) is 5.65. The lowest BCUT2D eigenvalue weighted by molar-refractivity contribution is -0.180. The molecule has 0 radical (unpaired) electrons. The highest BCUT2D eigenvalue weighted by molar-refractivity contribution is 6.48. The second-order valence-electron chi connectivity index (χ2n) is 6.56. The molecule has 2 aromatic rings. The minimum absolute atomic E-state index is 0.00404. The van der Waals surface area contributed by atoms with Crippen molar-refractivity contribution in [3.63, 3.8) is 0 Å². The van der Waals surface area contributed by atoms with Crippen LogP contribution < -0.4 is 5.32 Å². The molecule has 0 spiro atoms. The van der Waals surface area contributed by atoms with E-state index in [-0.39, 0.29) is 26.3 Å². The van der Waals surface area contributed by atoms with Crippen LogP contribution >= 0.6 is 34.8 Å². The number of ether oxygens (including phenoxy) is 1. The third-order valence-corrected chi connectivity index (χ3v) is 6.13. The van der Waals surface area contributed by atoms with E-state index in [2.05, 4.69) is 10.1 Å². The molecule has 4 nitrogen and oxygen atoms in total. The Morgan fingerprint density at radius 2 is 1.81 bits per heavy atom. The van der Waals surface area contributed by atoms with Gasteiger partial charge in [0.25, 0.3) is 0 Å². The lowest BCUT2D eigenvalue weighted by Gasteiger charge is -2.33. The minimum atomic E-state index is -5.01. The van der Waals surface area contributed by atoms with Gasteiger partial charge in [-0.15, -0.1) is 0 Å². The average molecular weight is 494 g/mol. The summed E-state index contributed by atoms with van der Waals surface area (Å²) in [5.74, 6) is -2.13. The Kier molecular flexibility index (Phi) is 6.16. The van der Waals surface area contributed by atoms with Crippen LogP contribution in [0, 0.1) is 17.1 Å². The molecule has 31 heavy (non-hydrogen) atoms. The van der Waals surface area contributed by atoms with Crippen LogP contribution in [0.4, 0.5) is 17.6 Å². The number of carbonyl (C=O) groups excluding carboxylic acids is 1. The minimum Gasteiger partial charge on any atom is -0.466 e. The van der Waals surface area contributed by atoms with Crippen LogP contribution in [0.1, 0.15) is 16.7 Å². The zero-order chi connectivity index (χ0) is 23.1. The van der Waals surface area contributed by atoms with E-state index in [9.17, 15) is 22.4 Å². The van der Waals surface area contributed by atoms with Crippen LogP contribution in [0.2, 0.25) is 15.1 Å². The number of hydrogen-bond donors (Lipinski definition) is 1. The number of benzene rings is 2. The van der Waals surface area contributed by atoms with Crippen molar-refractivity contribution in [3.8, 4) is 6.07 Å². The first kappa shape index (κ1) is 23.2. The second-order valence-corrected chi connectivity index (χ2v) is 7.75. The number of nitrogens with one attached hydrogen (secondary N) is 1. The Labute approximate surface area is 189 Å². The van der Waals surface area contributed by atoms with E-state index < -0.39 is 46.6 Å². The molecule has 11 heteroatoms. The maximum atomic E-state index is 14.6. The number of halogens is 7. The van der Waals surface area contributed by atoms with Crippen molar-refractivity contribution >= 4 is 46.5 Å². The maximum absolute atomic E-state index is 14.6. The Hall–Kier alpha value is -2.47. The molecule has 0 aromatic heterocycles. The summed E-state index contributed by atoms with van der Waals surface area (Å²) in [6, 6.07) is 6.66. The smallest absolute Gasteiger partial charge is 0.404 e. The molecule has 162 valence electrons. The van der Waals surface area contributed by atoms with Gasteiger partial charge in [-0.2, -0.15) is 18.4 Å². The summed E-state index contributed by atoms with van der Waals surface area (Å²) in [7, 11) is 0.930. The van der Waals surface area contributed by atoms with E-state index in [0.717, 1.165) is 37.4 Å². The van der Waals surface area contributed by atoms with Gasteiger partial charge in [0.05, 0.1) is 39.0 Å². The highest BCUT2D eigenvalue weighted by Crippen LogP contribution is 2.53. The first-order valence-corrected chi connectivity index (χ1v) is 9.60. The molecule has 1 N–H and O–H groups in total. The Bertz CT molecular complexity index is 1140. The summed E-state index contributed by atoms with van der Waals surface area (Å²) in [6.07, 6.45) is -5.01. The van der Waals surface area contributed by atoms with Gasteiger partial charge in [0.2, 0.25) is 0 Å². The fourth-order valence-electron chi connectivity index (χ4n) is 3.46. The molecule has 0 amide bonds. The van der Waals surface area contributed by atoms with Gasteiger partial charge in [-0.05, 0) is 41.5 Å². The standard InChI is InChI=1S/C20H11Cl3F4N2O2/c1-31-18(30)15-17(9-2-3-14(24)10(4-9)7-28)29-8-19(15,20(25,26)27)11-5-12(21)16(23)13(22)6-11/h2-6,29H,8H2,1H3. The van der Waals surface area contributed by atoms with Crippen LogP contribution in [0.3, 0.4) is 0 Å². The van der Waals surface area contributed by atoms with Crippen LogP contribution in [0.5, 0.6) is 0 Å². The van der Waals surface area contributed by atoms with E-state index >= 15 is 0 Å². The number of rotatable bonds is 3. The van der Waals surface area contributed by atoms with E-state index in [4.69, 9.17) is 40.1 Å². The van der Waals surface area contributed by atoms with Gasteiger partial charge in [-0.25, -0.2) is 9.18 Å². The normalized spacial score (nSPS) is 18.5. The molecule has 1 atom stereocenters. The summed E-state index contributed by atoms with van der Waals surface area (Å²) >= 11 is 17.8. The number of carbonyl (C=O) groups is 1. The molecule has 2 aromatic carbocycles. The van der Waals surface area contributed by atoms with Crippen LogP contribution in [0.15, 0.2) is 35.9 Å².